The monoisotopic (exact) mass is 502 g/mol. The molecule has 0 amide bonds. The fraction of sp³-hybridized carbons (Fsp3) is 0.618. The Balaban J connectivity index is 1.37. The van der Waals surface area contributed by atoms with E-state index in [1.165, 1.54) is 43.2 Å². The van der Waals surface area contributed by atoms with E-state index in [2.05, 4.69) is 58.0 Å². The Labute approximate surface area is 224 Å². The standard InChI is InChI=1S/C34H46O3/c1-5-33(4,32(36)37-34(6-2)29-18-24-17-25(20-29)21-30(34)19-24)22-28(27-10-8-7-9-11-27)16-23(3)26-12-14-31(35)15-13-26/h7-15,23-25,28-30,35H,5-6,16-22H2,1-4H3. The third kappa shape index (κ3) is 5.08. The van der Waals surface area contributed by atoms with Gasteiger partial charge in [0, 0.05) is 0 Å². The topological polar surface area (TPSA) is 46.5 Å². The Hall–Kier alpha value is -2.29. The van der Waals surface area contributed by atoms with Crippen LogP contribution in [0.2, 0.25) is 0 Å². The van der Waals surface area contributed by atoms with Gasteiger partial charge in [0.15, 0.2) is 0 Å². The highest BCUT2D eigenvalue weighted by Crippen LogP contribution is 2.61. The zero-order chi connectivity index (χ0) is 26.2. The number of benzene rings is 2. The third-order valence-corrected chi connectivity index (χ3v) is 10.7. The Kier molecular flexibility index (Phi) is 7.44. The quantitative estimate of drug-likeness (QED) is 0.331. The molecule has 0 aromatic heterocycles. The van der Waals surface area contributed by atoms with Crippen molar-refractivity contribution in [1.82, 2.24) is 0 Å². The van der Waals surface area contributed by atoms with E-state index >= 15 is 0 Å². The molecule has 3 heteroatoms. The van der Waals surface area contributed by atoms with E-state index in [0.29, 0.717) is 23.5 Å². The molecule has 0 saturated heterocycles. The number of ether oxygens (including phenoxy) is 1. The van der Waals surface area contributed by atoms with Gasteiger partial charge in [-0.3, -0.25) is 4.79 Å². The van der Waals surface area contributed by atoms with Gasteiger partial charge in [0.1, 0.15) is 11.4 Å². The maximum Gasteiger partial charge on any atom is 0.312 e. The molecule has 0 spiro atoms. The number of carbonyl (C=O) groups excluding carboxylic acids is 1. The lowest BCUT2D eigenvalue weighted by molar-refractivity contribution is -0.219. The average Bonchev–Trinajstić information content (AvgIpc) is 2.90. The maximum absolute atomic E-state index is 14.2. The van der Waals surface area contributed by atoms with Crippen LogP contribution in [-0.2, 0) is 9.53 Å². The van der Waals surface area contributed by atoms with Crippen LogP contribution >= 0.6 is 0 Å². The summed E-state index contributed by atoms with van der Waals surface area (Å²) < 4.78 is 6.79. The first-order valence-corrected chi connectivity index (χ1v) is 14.8. The molecule has 0 aliphatic heterocycles. The number of hydrogen-bond acceptors (Lipinski definition) is 3. The van der Waals surface area contributed by atoms with Crippen LogP contribution < -0.4 is 0 Å². The van der Waals surface area contributed by atoms with Crippen molar-refractivity contribution in [3.63, 3.8) is 0 Å². The number of hydrogen-bond donors (Lipinski definition) is 1. The number of rotatable bonds is 10. The van der Waals surface area contributed by atoms with E-state index in [1.807, 2.05) is 12.1 Å². The lowest BCUT2D eigenvalue weighted by Gasteiger charge is -2.60. The van der Waals surface area contributed by atoms with Crippen LogP contribution in [0.15, 0.2) is 54.6 Å². The van der Waals surface area contributed by atoms with E-state index < -0.39 is 5.41 Å². The largest absolute Gasteiger partial charge is 0.508 e. The van der Waals surface area contributed by atoms with Crippen molar-refractivity contribution in [2.45, 2.75) is 103 Å². The number of phenols is 1. The van der Waals surface area contributed by atoms with E-state index in [1.54, 1.807) is 12.1 Å². The predicted molar refractivity (Wildman–Crippen MR) is 149 cm³/mol. The molecule has 2 aromatic carbocycles. The SMILES string of the molecule is CCC(C)(CC(CC(C)c1ccc(O)cc1)c1ccccc1)C(=O)OC1(CC)C2CC3CC(C2)CC1C3. The Morgan fingerprint density at radius 3 is 2.08 bits per heavy atom. The summed E-state index contributed by atoms with van der Waals surface area (Å²) in [5.41, 5.74) is 1.74. The minimum absolute atomic E-state index is 0.0301. The summed E-state index contributed by atoms with van der Waals surface area (Å²) in [5, 5.41) is 9.74. The molecule has 3 nitrogen and oxygen atoms in total. The summed E-state index contributed by atoms with van der Waals surface area (Å²) in [4.78, 5) is 14.2. The van der Waals surface area contributed by atoms with Crippen molar-refractivity contribution < 1.29 is 14.6 Å². The summed E-state index contributed by atoms with van der Waals surface area (Å²) in [7, 11) is 0. The van der Waals surface area contributed by atoms with Crippen molar-refractivity contribution in [3.8, 4) is 5.75 Å². The first kappa shape index (κ1) is 26.3. The molecule has 0 radical (unpaired) electrons. The van der Waals surface area contributed by atoms with E-state index in [9.17, 15) is 9.90 Å². The van der Waals surface area contributed by atoms with E-state index in [0.717, 1.165) is 37.5 Å². The molecule has 37 heavy (non-hydrogen) atoms. The first-order valence-electron chi connectivity index (χ1n) is 14.8. The second-order valence-electron chi connectivity index (χ2n) is 13.0. The molecule has 1 N–H and O–H groups in total. The smallest absolute Gasteiger partial charge is 0.312 e. The predicted octanol–water partition coefficient (Wildman–Crippen LogP) is 8.62. The van der Waals surface area contributed by atoms with E-state index in [-0.39, 0.29) is 17.5 Å². The van der Waals surface area contributed by atoms with Crippen molar-refractivity contribution in [2.24, 2.45) is 29.1 Å². The van der Waals surface area contributed by atoms with Crippen molar-refractivity contribution in [1.29, 1.82) is 0 Å². The van der Waals surface area contributed by atoms with Gasteiger partial charge in [-0.1, -0.05) is 63.2 Å². The zero-order valence-electron chi connectivity index (χ0n) is 23.3. The highest BCUT2D eigenvalue weighted by atomic mass is 16.6. The maximum atomic E-state index is 14.2. The van der Waals surface area contributed by atoms with Gasteiger partial charge in [-0.2, -0.15) is 0 Å². The lowest BCUT2D eigenvalue weighted by atomic mass is 9.49. The second kappa shape index (κ2) is 10.5. The van der Waals surface area contributed by atoms with Gasteiger partial charge in [-0.25, -0.2) is 0 Å². The molecule has 4 fully saturated rings. The zero-order valence-corrected chi connectivity index (χ0v) is 23.3. The molecule has 4 saturated carbocycles. The molecule has 2 aromatic rings. The molecule has 0 heterocycles. The van der Waals surface area contributed by atoms with Crippen molar-refractivity contribution >= 4 is 5.97 Å². The minimum Gasteiger partial charge on any atom is -0.508 e. The summed E-state index contributed by atoms with van der Waals surface area (Å²) in [6.07, 6.45) is 9.91. The first-order chi connectivity index (χ1) is 17.8. The summed E-state index contributed by atoms with van der Waals surface area (Å²) in [6, 6.07) is 18.3. The van der Waals surface area contributed by atoms with Crippen LogP contribution in [0.4, 0.5) is 0 Å². The van der Waals surface area contributed by atoms with Gasteiger partial charge in [0.25, 0.3) is 0 Å². The van der Waals surface area contributed by atoms with Crippen LogP contribution in [-0.4, -0.2) is 16.7 Å². The minimum atomic E-state index is -0.522. The molecule has 4 aliphatic rings. The normalized spacial score (nSPS) is 31.5. The molecular weight excluding hydrogens is 456 g/mol. The molecule has 3 atom stereocenters. The fourth-order valence-electron chi connectivity index (χ4n) is 8.44. The number of esters is 1. The summed E-state index contributed by atoms with van der Waals surface area (Å²) in [5.74, 6) is 3.73. The molecule has 6 rings (SSSR count). The van der Waals surface area contributed by atoms with Gasteiger partial charge < -0.3 is 9.84 Å². The third-order valence-electron chi connectivity index (χ3n) is 10.7. The van der Waals surface area contributed by atoms with Crippen molar-refractivity contribution in [3.05, 3.63) is 65.7 Å². The number of carbonyl (C=O) groups is 1. The summed E-state index contributed by atoms with van der Waals surface area (Å²) in [6.45, 7) is 8.81. The Bertz CT molecular complexity index is 1030. The Morgan fingerprint density at radius 2 is 1.54 bits per heavy atom. The van der Waals surface area contributed by atoms with Crippen LogP contribution in [0.3, 0.4) is 0 Å². The highest BCUT2D eigenvalue weighted by Gasteiger charge is 2.59. The number of aromatic hydroxyl groups is 1. The van der Waals surface area contributed by atoms with Crippen LogP contribution in [0.1, 0.15) is 108 Å². The van der Waals surface area contributed by atoms with Crippen LogP contribution in [0.25, 0.3) is 0 Å². The lowest BCUT2D eigenvalue weighted by Crippen LogP contribution is -2.60. The molecule has 200 valence electrons. The van der Waals surface area contributed by atoms with Gasteiger partial charge in [-0.15, -0.1) is 0 Å². The van der Waals surface area contributed by atoms with Gasteiger partial charge in [-0.05, 0) is 123 Å². The van der Waals surface area contributed by atoms with Gasteiger partial charge in [0.2, 0.25) is 0 Å². The van der Waals surface area contributed by atoms with Crippen LogP contribution in [0.5, 0.6) is 5.75 Å². The van der Waals surface area contributed by atoms with Crippen molar-refractivity contribution in [2.75, 3.05) is 0 Å². The molecule has 4 bridgehead atoms. The van der Waals surface area contributed by atoms with Gasteiger partial charge in [0.05, 0.1) is 5.41 Å². The number of phenolic OH excluding ortho intramolecular Hbond substituents is 1. The van der Waals surface area contributed by atoms with E-state index in [4.69, 9.17) is 4.74 Å². The summed E-state index contributed by atoms with van der Waals surface area (Å²) >= 11 is 0. The molecular formula is C34H46O3. The van der Waals surface area contributed by atoms with Gasteiger partial charge >= 0.3 is 5.97 Å². The highest BCUT2D eigenvalue weighted by molar-refractivity contribution is 5.77. The fourth-order valence-corrected chi connectivity index (χ4v) is 8.44. The van der Waals surface area contributed by atoms with Crippen LogP contribution in [0, 0.1) is 29.1 Å². The molecule has 4 aliphatic carbocycles. The molecule has 3 unspecified atom stereocenters. The Morgan fingerprint density at radius 1 is 0.946 bits per heavy atom. The average molecular weight is 503 g/mol. The second-order valence-corrected chi connectivity index (χ2v) is 13.0.